The maximum atomic E-state index is 5.74. The summed E-state index contributed by atoms with van der Waals surface area (Å²) in [5.74, 6) is 1.28. The van der Waals surface area contributed by atoms with Gasteiger partial charge in [0.05, 0.1) is 24.7 Å². The molecule has 1 aromatic carbocycles. The molecule has 1 aromatic heterocycles. The van der Waals surface area contributed by atoms with Gasteiger partial charge in [0, 0.05) is 0 Å². The number of unbranched alkanes of at least 4 members (excludes halogenated alkanes) is 3. The van der Waals surface area contributed by atoms with E-state index in [-0.39, 0.29) is 0 Å². The van der Waals surface area contributed by atoms with Gasteiger partial charge in [-0.05, 0) is 43.2 Å². The van der Waals surface area contributed by atoms with Gasteiger partial charge in [-0.2, -0.15) is 5.10 Å². The van der Waals surface area contributed by atoms with Crippen molar-refractivity contribution in [2.45, 2.75) is 39.5 Å². The molecule has 0 fully saturated rings. The van der Waals surface area contributed by atoms with Crippen LogP contribution < -0.4 is 10.5 Å². The minimum Gasteiger partial charge on any atom is -0.494 e. The van der Waals surface area contributed by atoms with E-state index in [2.05, 4.69) is 17.0 Å². The number of nitrogens with zero attached hydrogens (tertiary/aromatic N) is 3. The normalized spacial score (nSPS) is 11.2. The SMILES string of the molecule is CCCCCCOc1ccc(C=Nn2cc(C)nc2N)cc1. The number of imidazole rings is 1. The molecule has 2 rings (SSSR count). The number of rotatable bonds is 8. The number of aryl methyl sites for hydroxylation is 1. The number of anilines is 1. The van der Waals surface area contributed by atoms with Gasteiger partial charge in [-0.15, -0.1) is 0 Å². The molecular weight excluding hydrogens is 276 g/mol. The average Bonchev–Trinajstić information content (AvgIpc) is 2.84. The standard InChI is InChI=1S/C17H24N4O/c1-3-4-5-6-11-22-16-9-7-15(8-10-16)12-19-21-13-14(2)20-17(21)18/h7-10,12-13H,3-6,11H2,1-2H3,(H2,18,20). The number of nitrogen functional groups attached to an aromatic ring is 1. The summed E-state index contributed by atoms with van der Waals surface area (Å²) >= 11 is 0. The Balaban J connectivity index is 1.85. The van der Waals surface area contributed by atoms with Crippen molar-refractivity contribution >= 4 is 12.2 Å². The van der Waals surface area contributed by atoms with E-state index in [1.165, 1.54) is 19.3 Å². The van der Waals surface area contributed by atoms with Crippen LogP contribution in [0.1, 0.15) is 43.9 Å². The van der Waals surface area contributed by atoms with Crippen molar-refractivity contribution in [1.82, 2.24) is 9.66 Å². The molecule has 0 aliphatic rings. The summed E-state index contributed by atoms with van der Waals surface area (Å²) in [5, 5.41) is 4.29. The summed E-state index contributed by atoms with van der Waals surface area (Å²) in [6.45, 7) is 4.87. The number of nitrogens with two attached hydrogens (primary N) is 1. The molecule has 0 bridgehead atoms. The van der Waals surface area contributed by atoms with Crippen LogP contribution in [0.4, 0.5) is 5.95 Å². The number of hydrogen-bond donors (Lipinski definition) is 1. The summed E-state index contributed by atoms with van der Waals surface area (Å²) in [6.07, 6.45) is 8.40. The second-order valence-corrected chi connectivity index (χ2v) is 5.31. The van der Waals surface area contributed by atoms with Crippen molar-refractivity contribution in [3.05, 3.63) is 41.7 Å². The lowest BCUT2D eigenvalue weighted by Crippen LogP contribution is -1.98. The van der Waals surface area contributed by atoms with E-state index < -0.39 is 0 Å². The zero-order chi connectivity index (χ0) is 15.8. The van der Waals surface area contributed by atoms with Gasteiger partial charge in [-0.1, -0.05) is 26.2 Å². The Morgan fingerprint density at radius 1 is 1.23 bits per heavy atom. The summed E-state index contributed by atoms with van der Waals surface area (Å²) in [6, 6.07) is 7.88. The first-order valence-corrected chi connectivity index (χ1v) is 7.77. The summed E-state index contributed by atoms with van der Waals surface area (Å²) in [4.78, 5) is 4.10. The average molecular weight is 300 g/mol. The zero-order valence-corrected chi connectivity index (χ0v) is 13.3. The third-order valence-corrected chi connectivity index (χ3v) is 3.31. The molecule has 0 unspecified atom stereocenters. The fourth-order valence-corrected chi connectivity index (χ4v) is 2.09. The Morgan fingerprint density at radius 3 is 2.64 bits per heavy atom. The number of ether oxygens (including phenoxy) is 1. The van der Waals surface area contributed by atoms with Crippen LogP contribution in [0.25, 0.3) is 0 Å². The van der Waals surface area contributed by atoms with E-state index in [9.17, 15) is 0 Å². The van der Waals surface area contributed by atoms with Crippen LogP contribution in [-0.4, -0.2) is 22.5 Å². The summed E-state index contributed by atoms with van der Waals surface area (Å²) in [7, 11) is 0. The first kappa shape index (κ1) is 16.1. The lowest BCUT2D eigenvalue weighted by molar-refractivity contribution is 0.305. The van der Waals surface area contributed by atoms with Crippen LogP contribution in [-0.2, 0) is 0 Å². The maximum Gasteiger partial charge on any atom is 0.221 e. The summed E-state index contributed by atoms with van der Waals surface area (Å²) in [5.41, 5.74) is 7.58. The lowest BCUT2D eigenvalue weighted by Gasteiger charge is -2.05. The highest BCUT2D eigenvalue weighted by Gasteiger charge is 1.99. The minimum absolute atomic E-state index is 0.390. The molecule has 22 heavy (non-hydrogen) atoms. The Morgan fingerprint density at radius 2 is 2.00 bits per heavy atom. The predicted molar refractivity (Wildman–Crippen MR) is 90.4 cm³/mol. The summed E-state index contributed by atoms with van der Waals surface area (Å²) < 4.78 is 7.28. The number of hydrogen-bond acceptors (Lipinski definition) is 4. The highest BCUT2D eigenvalue weighted by atomic mass is 16.5. The predicted octanol–water partition coefficient (Wildman–Crippen LogP) is 3.62. The van der Waals surface area contributed by atoms with Crippen LogP contribution >= 0.6 is 0 Å². The quantitative estimate of drug-likeness (QED) is 0.598. The second kappa shape index (κ2) is 8.22. The molecular formula is C17H24N4O. The molecule has 0 amide bonds. The first-order chi connectivity index (χ1) is 10.7. The van der Waals surface area contributed by atoms with Gasteiger partial charge in [0.2, 0.25) is 5.95 Å². The molecule has 2 aromatic rings. The maximum absolute atomic E-state index is 5.74. The van der Waals surface area contributed by atoms with E-state index in [0.717, 1.165) is 30.0 Å². The Labute approximate surface area is 131 Å². The van der Waals surface area contributed by atoms with Crippen LogP contribution in [0, 0.1) is 6.92 Å². The lowest BCUT2D eigenvalue weighted by atomic mass is 10.2. The number of benzene rings is 1. The second-order valence-electron chi connectivity index (χ2n) is 5.31. The van der Waals surface area contributed by atoms with Crippen LogP contribution in [0.2, 0.25) is 0 Å². The van der Waals surface area contributed by atoms with E-state index in [1.54, 1.807) is 17.1 Å². The molecule has 0 saturated carbocycles. The molecule has 5 nitrogen and oxygen atoms in total. The monoisotopic (exact) mass is 300 g/mol. The van der Waals surface area contributed by atoms with Gasteiger partial charge in [0.1, 0.15) is 5.75 Å². The molecule has 118 valence electrons. The Bertz CT molecular complexity index is 602. The fraction of sp³-hybridized carbons (Fsp3) is 0.412. The first-order valence-electron chi connectivity index (χ1n) is 7.77. The third-order valence-electron chi connectivity index (χ3n) is 3.31. The highest BCUT2D eigenvalue weighted by Crippen LogP contribution is 2.12. The third kappa shape index (κ3) is 4.91. The highest BCUT2D eigenvalue weighted by molar-refractivity contribution is 5.79. The van der Waals surface area contributed by atoms with Crippen LogP contribution in [0.3, 0.4) is 0 Å². The molecule has 0 aliphatic carbocycles. The zero-order valence-electron chi connectivity index (χ0n) is 13.3. The molecule has 2 N–H and O–H groups in total. The number of aromatic nitrogens is 2. The Hall–Kier alpha value is -2.30. The van der Waals surface area contributed by atoms with Crippen molar-refractivity contribution in [3.8, 4) is 5.75 Å². The van der Waals surface area contributed by atoms with Crippen LogP contribution in [0.5, 0.6) is 5.75 Å². The van der Waals surface area contributed by atoms with Crippen molar-refractivity contribution in [3.63, 3.8) is 0 Å². The largest absolute Gasteiger partial charge is 0.494 e. The van der Waals surface area contributed by atoms with E-state index in [0.29, 0.717) is 5.95 Å². The molecule has 0 atom stereocenters. The van der Waals surface area contributed by atoms with Crippen molar-refractivity contribution in [2.75, 3.05) is 12.3 Å². The molecule has 5 heteroatoms. The van der Waals surface area contributed by atoms with Crippen LogP contribution in [0.15, 0.2) is 35.6 Å². The van der Waals surface area contributed by atoms with Gasteiger partial charge in [0.25, 0.3) is 0 Å². The topological polar surface area (TPSA) is 65.4 Å². The molecule has 0 aliphatic heterocycles. The van der Waals surface area contributed by atoms with Crippen molar-refractivity contribution in [1.29, 1.82) is 0 Å². The minimum atomic E-state index is 0.390. The molecule has 1 heterocycles. The molecule has 0 spiro atoms. The fourth-order valence-electron chi connectivity index (χ4n) is 2.09. The molecule has 0 radical (unpaired) electrons. The Kier molecular flexibility index (Phi) is 6.01. The molecule has 0 saturated heterocycles. The van der Waals surface area contributed by atoms with Crippen molar-refractivity contribution < 1.29 is 4.74 Å². The van der Waals surface area contributed by atoms with Gasteiger partial charge in [0.15, 0.2) is 0 Å². The van der Waals surface area contributed by atoms with Gasteiger partial charge >= 0.3 is 0 Å². The van der Waals surface area contributed by atoms with E-state index in [4.69, 9.17) is 10.5 Å². The van der Waals surface area contributed by atoms with Crippen molar-refractivity contribution in [2.24, 2.45) is 5.10 Å². The van der Waals surface area contributed by atoms with E-state index >= 15 is 0 Å². The van der Waals surface area contributed by atoms with Gasteiger partial charge < -0.3 is 10.5 Å². The van der Waals surface area contributed by atoms with Gasteiger partial charge in [-0.3, -0.25) is 0 Å². The van der Waals surface area contributed by atoms with Gasteiger partial charge in [-0.25, -0.2) is 9.66 Å². The smallest absolute Gasteiger partial charge is 0.221 e. The van der Waals surface area contributed by atoms with E-state index in [1.807, 2.05) is 31.2 Å².